The predicted molar refractivity (Wildman–Crippen MR) is 98.0 cm³/mol. The van der Waals surface area contributed by atoms with Gasteiger partial charge >= 0.3 is 0 Å². The molecule has 0 spiro atoms. The van der Waals surface area contributed by atoms with Crippen molar-refractivity contribution in [1.29, 1.82) is 0 Å². The number of hydrogen-bond acceptors (Lipinski definition) is 6. The maximum absolute atomic E-state index is 5.86. The number of fused-ring (bicyclic) bond motifs is 1. The topological polar surface area (TPSA) is 48.6 Å². The minimum Gasteiger partial charge on any atom is -0.423 e. The van der Waals surface area contributed by atoms with E-state index in [1.807, 2.05) is 36.5 Å². The number of pyridine rings is 1. The first-order chi connectivity index (χ1) is 12.4. The molecule has 128 valence electrons. The Bertz CT molecular complexity index is 817. The molecule has 0 atom stereocenters. The largest absolute Gasteiger partial charge is 0.423 e. The fraction of sp³-hybridized carbons (Fsp3) is 0.368. The van der Waals surface area contributed by atoms with Crippen molar-refractivity contribution in [2.45, 2.75) is 6.04 Å². The number of benzene rings is 1. The summed E-state index contributed by atoms with van der Waals surface area (Å²) in [5, 5.41) is 0. The molecule has 3 aromatic rings. The Morgan fingerprint density at radius 1 is 0.880 bits per heavy atom. The molecule has 2 saturated heterocycles. The van der Waals surface area contributed by atoms with Crippen LogP contribution in [0.3, 0.4) is 0 Å². The van der Waals surface area contributed by atoms with Gasteiger partial charge in [-0.25, -0.2) is 4.98 Å². The summed E-state index contributed by atoms with van der Waals surface area (Å²) in [6.45, 7) is 6.24. The Morgan fingerprint density at radius 3 is 2.44 bits per heavy atom. The molecule has 2 aliphatic rings. The van der Waals surface area contributed by atoms with E-state index in [4.69, 9.17) is 4.42 Å². The molecule has 4 heterocycles. The quantitative estimate of drug-likeness (QED) is 0.732. The molecule has 0 aliphatic carbocycles. The molecule has 6 nitrogen and oxygen atoms in total. The molecule has 1 aromatic carbocycles. The summed E-state index contributed by atoms with van der Waals surface area (Å²) in [6, 6.07) is 15.4. The van der Waals surface area contributed by atoms with Gasteiger partial charge in [0.25, 0.3) is 6.01 Å². The van der Waals surface area contributed by atoms with Crippen molar-refractivity contribution < 1.29 is 4.42 Å². The Labute approximate surface area is 146 Å². The van der Waals surface area contributed by atoms with Gasteiger partial charge in [-0.1, -0.05) is 18.2 Å². The highest BCUT2D eigenvalue weighted by atomic mass is 16.4. The third kappa shape index (κ3) is 2.72. The van der Waals surface area contributed by atoms with Crippen molar-refractivity contribution in [3.05, 3.63) is 48.7 Å². The second-order valence-corrected chi connectivity index (χ2v) is 6.73. The Balaban J connectivity index is 1.18. The molecule has 0 N–H and O–H groups in total. The number of rotatable bonds is 3. The molecular weight excluding hydrogens is 314 g/mol. The summed E-state index contributed by atoms with van der Waals surface area (Å²) < 4.78 is 5.86. The van der Waals surface area contributed by atoms with Crippen LogP contribution < -0.4 is 9.80 Å². The monoisotopic (exact) mass is 335 g/mol. The van der Waals surface area contributed by atoms with Gasteiger partial charge in [0.05, 0.1) is 0 Å². The highest BCUT2D eigenvalue weighted by Crippen LogP contribution is 2.27. The molecule has 6 heteroatoms. The zero-order valence-electron chi connectivity index (χ0n) is 14.1. The maximum atomic E-state index is 5.86. The Hall–Kier alpha value is -2.60. The zero-order valence-corrected chi connectivity index (χ0v) is 14.1. The van der Waals surface area contributed by atoms with Crippen molar-refractivity contribution in [3.8, 4) is 0 Å². The van der Waals surface area contributed by atoms with E-state index in [2.05, 4.69) is 36.8 Å². The third-order valence-corrected chi connectivity index (χ3v) is 5.22. The molecule has 0 radical (unpaired) electrons. The van der Waals surface area contributed by atoms with E-state index in [9.17, 15) is 0 Å². The second-order valence-electron chi connectivity index (χ2n) is 6.73. The van der Waals surface area contributed by atoms with Gasteiger partial charge in [0.2, 0.25) is 0 Å². The first kappa shape index (κ1) is 14.7. The lowest BCUT2D eigenvalue weighted by Gasteiger charge is -2.47. The fourth-order valence-corrected chi connectivity index (χ4v) is 3.69. The van der Waals surface area contributed by atoms with Gasteiger partial charge in [-0.05, 0) is 24.3 Å². The molecule has 0 amide bonds. The van der Waals surface area contributed by atoms with Crippen molar-refractivity contribution in [2.75, 3.05) is 49.1 Å². The van der Waals surface area contributed by atoms with E-state index in [1.165, 1.54) is 0 Å². The van der Waals surface area contributed by atoms with Crippen molar-refractivity contribution in [3.63, 3.8) is 0 Å². The summed E-state index contributed by atoms with van der Waals surface area (Å²) in [5.41, 5.74) is 1.80. The molecule has 0 unspecified atom stereocenters. The highest BCUT2D eigenvalue weighted by molar-refractivity contribution is 5.74. The van der Waals surface area contributed by atoms with Crippen molar-refractivity contribution >= 4 is 22.9 Å². The molecule has 2 aliphatic heterocycles. The lowest BCUT2D eigenvalue weighted by atomic mass is 10.1. The number of hydrogen-bond donors (Lipinski definition) is 0. The summed E-state index contributed by atoms with van der Waals surface area (Å²) in [7, 11) is 0. The Morgan fingerprint density at radius 2 is 1.68 bits per heavy atom. The predicted octanol–water partition coefficient (Wildman–Crippen LogP) is 2.23. The number of piperazine rings is 1. The summed E-state index contributed by atoms with van der Waals surface area (Å²) >= 11 is 0. The minimum atomic E-state index is 0.598. The van der Waals surface area contributed by atoms with Crippen molar-refractivity contribution in [2.24, 2.45) is 0 Å². The second kappa shape index (κ2) is 6.04. The lowest BCUT2D eigenvalue weighted by molar-refractivity contribution is 0.153. The molecule has 0 saturated carbocycles. The van der Waals surface area contributed by atoms with Crippen molar-refractivity contribution in [1.82, 2.24) is 14.9 Å². The van der Waals surface area contributed by atoms with Gasteiger partial charge in [-0.2, -0.15) is 4.98 Å². The van der Waals surface area contributed by atoms with Crippen LogP contribution in [0, 0.1) is 0 Å². The maximum Gasteiger partial charge on any atom is 0.298 e. The standard InChI is InChI=1S/C19H21N5O/c1-2-6-17-16(5-1)21-19(25-17)24-13-15(14-24)22-9-11-23(12-10-22)18-7-3-4-8-20-18/h1-8,15H,9-14H2. The number of aromatic nitrogens is 2. The van der Waals surface area contributed by atoms with E-state index < -0.39 is 0 Å². The van der Waals surface area contributed by atoms with Crippen LogP contribution in [-0.2, 0) is 0 Å². The van der Waals surface area contributed by atoms with Gasteiger partial charge in [-0.3, -0.25) is 4.90 Å². The molecule has 2 fully saturated rings. The number of para-hydroxylation sites is 2. The summed E-state index contributed by atoms with van der Waals surface area (Å²) in [4.78, 5) is 16.2. The normalized spacial score (nSPS) is 19.4. The average Bonchev–Trinajstić information content (AvgIpc) is 3.05. The molecule has 5 rings (SSSR count). The lowest BCUT2D eigenvalue weighted by Crippen LogP contribution is -2.63. The number of oxazole rings is 1. The van der Waals surface area contributed by atoms with Crippen LogP contribution in [0.15, 0.2) is 53.1 Å². The van der Waals surface area contributed by atoms with Gasteiger partial charge < -0.3 is 14.2 Å². The number of anilines is 2. The van der Waals surface area contributed by atoms with E-state index in [0.717, 1.165) is 62.2 Å². The SMILES string of the molecule is c1ccc(N2CCN(C3CN(c4nc5ccccc5o4)C3)CC2)nc1. The first-order valence-corrected chi connectivity index (χ1v) is 8.87. The highest BCUT2D eigenvalue weighted by Gasteiger charge is 2.35. The smallest absolute Gasteiger partial charge is 0.298 e. The van der Waals surface area contributed by atoms with Crippen LogP contribution in [0.2, 0.25) is 0 Å². The van der Waals surface area contributed by atoms with Crippen LogP contribution in [-0.4, -0.2) is 60.2 Å². The zero-order chi connectivity index (χ0) is 16.6. The van der Waals surface area contributed by atoms with Crippen LogP contribution in [0.1, 0.15) is 0 Å². The van der Waals surface area contributed by atoms with Crippen LogP contribution in [0.4, 0.5) is 11.8 Å². The van der Waals surface area contributed by atoms with Gasteiger partial charge in [0, 0.05) is 51.5 Å². The molecule has 0 bridgehead atoms. The molecule has 2 aromatic heterocycles. The Kier molecular flexibility index (Phi) is 3.56. The summed E-state index contributed by atoms with van der Waals surface area (Å²) in [6.07, 6.45) is 1.87. The first-order valence-electron chi connectivity index (χ1n) is 8.87. The van der Waals surface area contributed by atoms with E-state index in [0.29, 0.717) is 6.04 Å². The minimum absolute atomic E-state index is 0.598. The van der Waals surface area contributed by atoms with Gasteiger partial charge in [-0.15, -0.1) is 0 Å². The van der Waals surface area contributed by atoms with Crippen LogP contribution >= 0.6 is 0 Å². The van der Waals surface area contributed by atoms with Gasteiger partial charge in [0.15, 0.2) is 5.58 Å². The number of nitrogens with zero attached hydrogens (tertiary/aromatic N) is 5. The van der Waals surface area contributed by atoms with Crippen LogP contribution in [0.25, 0.3) is 11.1 Å². The third-order valence-electron chi connectivity index (χ3n) is 5.22. The van der Waals surface area contributed by atoms with Crippen LogP contribution in [0.5, 0.6) is 0 Å². The van der Waals surface area contributed by atoms with E-state index >= 15 is 0 Å². The molecular formula is C19H21N5O. The van der Waals surface area contributed by atoms with E-state index in [-0.39, 0.29) is 0 Å². The summed E-state index contributed by atoms with van der Waals surface area (Å²) in [5.74, 6) is 1.09. The fourth-order valence-electron chi connectivity index (χ4n) is 3.69. The average molecular weight is 335 g/mol. The molecule has 25 heavy (non-hydrogen) atoms. The van der Waals surface area contributed by atoms with E-state index in [1.54, 1.807) is 0 Å². The van der Waals surface area contributed by atoms with Gasteiger partial charge in [0.1, 0.15) is 11.3 Å².